The van der Waals surface area contributed by atoms with Crippen molar-refractivity contribution in [3.05, 3.63) is 71.8 Å². The van der Waals surface area contributed by atoms with E-state index in [1.54, 1.807) is 0 Å². The van der Waals surface area contributed by atoms with Crippen LogP contribution in [-0.2, 0) is 27.0 Å². The first kappa shape index (κ1) is 24.6. The van der Waals surface area contributed by atoms with Gasteiger partial charge in [-0.05, 0) is 29.3 Å². The van der Waals surface area contributed by atoms with E-state index in [-0.39, 0.29) is 17.6 Å². The quantitative estimate of drug-likeness (QED) is 0.437. The number of rotatable bonds is 9. The van der Waals surface area contributed by atoms with E-state index in [0.717, 1.165) is 11.1 Å². The summed E-state index contributed by atoms with van der Waals surface area (Å²) in [6.45, 7) is 12.3. The zero-order valence-corrected chi connectivity index (χ0v) is 21.0. The molecule has 3 atom stereocenters. The molecule has 1 heterocycles. The highest BCUT2D eigenvalue weighted by Crippen LogP contribution is 2.37. The summed E-state index contributed by atoms with van der Waals surface area (Å²) < 4.78 is 11.8. The number of nitrogens with zero attached hydrogens (tertiary/aromatic N) is 1. The highest BCUT2D eigenvalue weighted by molar-refractivity contribution is 6.74. The molecule has 1 N–H and O–H groups in total. The Balaban J connectivity index is 1.69. The molecule has 0 aromatic heterocycles. The molecule has 1 aliphatic rings. The lowest BCUT2D eigenvalue weighted by atomic mass is 10.0. The fraction of sp³-hybridized carbons (Fsp3) is 0.500. The number of carbonyl (C=O) groups excluding carboxylic acids is 1. The molecule has 0 saturated carbocycles. The second-order valence-corrected chi connectivity index (χ2v) is 15.1. The SMILES string of the molecule is CC(C)(C)[Si](C)(C)OC[C@@H](O)[C@H]1C[C@@H](N(Cc2ccccc2)Cc2ccccc2)C(=O)O1. The number of carbonyl (C=O) groups is 1. The minimum Gasteiger partial charge on any atom is -0.458 e. The van der Waals surface area contributed by atoms with Crippen LogP contribution in [0.4, 0.5) is 0 Å². The molecule has 1 saturated heterocycles. The van der Waals surface area contributed by atoms with Gasteiger partial charge >= 0.3 is 5.97 Å². The Bertz CT molecular complexity index is 825. The van der Waals surface area contributed by atoms with E-state index >= 15 is 0 Å². The highest BCUT2D eigenvalue weighted by Gasteiger charge is 2.43. The normalized spacial score (nSPS) is 20.4. The van der Waals surface area contributed by atoms with E-state index in [4.69, 9.17) is 9.16 Å². The lowest BCUT2D eigenvalue weighted by Crippen LogP contribution is -2.44. The second-order valence-electron chi connectivity index (χ2n) is 10.2. The number of hydrogen-bond donors (Lipinski definition) is 1. The van der Waals surface area contributed by atoms with E-state index in [9.17, 15) is 9.90 Å². The molecule has 0 amide bonds. The predicted molar refractivity (Wildman–Crippen MR) is 130 cm³/mol. The Hall–Kier alpha value is -1.99. The molecule has 5 nitrogen and oxygen atoms in total. The summed E-state index contributed by atoms with van der Waals surface area (Å²) in [5.74, 6) is -0.270. The summed E-state index contributed by atoms with van der Waals surface area (Å²) in [6.07, 6.45) is -0.916. The van der Waals surface area contributed by atoms with Crippen molar-refractivity contribution in [1.29, 1.82) is 0 Å². The van der Waals surface area contributed by atoms with Crippen molar-refractivity contribution in [3.63, 3.8) is 0 Å². The maximum Gasteiger partial charge on any atom is 0.323 e. The van der Waals surface area contributed by atoms with Crippen LogP contribution in [0.3, 0.4) is 0 Å². The molecular formula is C26H37NO4Si. The van der Waals surface area contributed by atoms with Gasteiger partial charge in [-0.25, -0.2) is 0 Å². The maximum absolute atomic E-state index is 12.9. The molecule has 2 aromatic rings. The number of aliphatic hydroxyl groups is 1. The average Bonchev–Trinajstić information content (AvgIpc) is 3.14. The zero-order valence-electron chi connectivity index (χ0n) is 20.0. The van der Waals surface area contributed by atoms with Gasteiger partial charge in [0.1, 0.15) is 18.2 Å². The van der Waals surface area contributed by atoms with E-state index in [0.29, 0.717) is 19.5 Å². The smallest absolute Gasteiger partial charge is 0.323 e. The van der Waals surface area contributed by atoms with Crippen molar-refractivity contribution < 1.29 is 19.1 Å². The molecule has 0 unspecified atom stereocenters. The molecule has 32 heavy (non-hydrogen) atoms. The first-order valence-corrected chi connectivity index (χ1v) is 14.3. The summed E-state index contributed by atoms with van der Waals surface area (Å²) in [5, 5.41) is 10.8. The van der Waals surface area contributed by atoms with Crippen LogP contribution < -0.4 is 0 Å². The van der Waals surface area contributed by atoms with E-state index in [1.807, 2.05) is 36.4 Å². The van der Waals surface area contributed by atoms with E-state index in [2.05, 4.69) is 63.0 Å². The third-order valence-corrected chi connectivity index (χ3v) is 11.2. The number of ether oxygens (including phenoxy) is 1. The van der Waals surface area contributed by atoms with Crippen LogP contribution in [-0.4, -0.2) is 49.1 Å². The third-order valence-electron chi connectivity index (χ3n) is 6.74. The lowest BCUT2D eigenvalue weighted by molar-refractivity contribution is -0.149. The molecule has 1 aliphatic heterocycles. The molecule has 6 heteroatoms. The van der Waals surface area contributed by atoms with Crippen LogP contribution >= 0.6 is 0 Å². The van der Waals surface area contributed by atoms with Crippen molar-refractivity contribution in [2.24, 2.45) is 0 Å². The van der Waals surface area contributed by atoms with Crippen LogP contribution in [0.1, 0.15) is 38.3 Å². The third kappa shape index (κ3) is 6.29. The van der Waals surface area contributed by atoms with Gasteiger partial charge in [0.2, 0.25) is 0 Å². The second kappa shape index (κ2) is 10.3. The Morgan fingerprint density at radius 1 is 1.03 bits per heavy atom. The van der Waals surface area contributed by atoms with Gasteiger partial charge in [-0.1, -0.05) is 81.4 Å². The molecule has 1 fully saturated rings. The Morgan fingerprint density at radius 2 is 1.53 bits per heavy atom. The first-order chi connectivity index (χ1) is 15.1. The Labute approximate surface area is 193 Å². The number of benzene rings is 2. The predicted octanol–water partition coefficient (Wildman–Crippen LogP) is 4.76. The summed E-state index contributed by atoms with van der Waals surface area (Å²) in [7, 11) is -1.99. The Kier molecular flexibility index (Phi) is 7.93. The fourth-order valence-electron chi connectivity index (χ4n) is 3.66. The van der Waals surface area contributed by atoms with Crippen LogP contribution in [0.2, 0.25) is 18.1 Å². The maximum atomic E-state index is 12.9. The minimum atomic E-state index is -1.99. The number of esters is 1. The summed E-state index contributed by atoms with van der Waals surface area (Å²) in [5.41, 5.74) is 2.28. The standard InChI is InChI=1S/C26H37NO4Si/c1-26(2,3)32(4,5)30-19-23(28)24-16-22(25(29)31-24)27(17-20-12-8-6-9-13-20)18-21-14-10-7-11-15-21/h6-15,22-24,28H,16-19H2,1-5H3/t22-,23-,24-/m1/s1. The van der Waals surface area contributed by atoms with Gasteiger partial charge in [0.05, 0.1) is 6.61 Å². The summed E-state index contributed by atoms with van der Waals surface area (Å²) in [6, 6.07) is 19.9. The van der Waals surface area contributed by atoms with Crippen molar-refractivity contribution in [2.45, 2.75) is 76.7 Å². The summed E-state index contributed by atoms with van der Waals surface area (Å²) in [4.78, 5) is 15.0. The molecule has 0 bridgehead atoms. The lowest BCUT2D eigenvalue weighted by Gasteiger charge is -2.37. The molecule has 0 aliphatic carbocycles. The van der Waals surface area contributed by atoms with Crippen LogP contribution in [0, 0.1) is 0 Å². The fourth-order valence-corrected chi connectivity index (χ4v) is 4.68. The van der Waals surface area contributed by atoms with Gasteiger partial charge in [0.25, 0.3) is 0 Å². The van der Waals surface area contributed by atoms with Gasteiger partial charge < -0.3 is 14.3 Å². The van der Waals surface area contributed by atoms with Crippen LogP contribution in [0.25, 0.3) is 0 Å². The minimum absolute atomic E-state index is 0.0593. The van der Waals surface area contributed by atoms with Gasteiger partial charge in [-0.2, -0.15) is 0 Å². The van der Waals surface area contributed by atoms with Gasteiger partial charge in [0.15, 0.2) is 8.32 Å². The molecule has 174 valence electrons. The Morgan fingerprint density at radius 3 is 2.00 bits per heavy atom. The number of cyclic esters (lactones) is 1. The number of aliphatic hydroxyl groups excluding tert-OH is 1. The molecular weight excluding hydrogens is 418 g/mol. The van der Waals surface area contributed by atoms with Crippen molar-refractivity contribution >= 4 is 14.3 Å². The van der Waals surface area contributed by atoms with E-state index in [1.165, 1.54) is 0 Å². The van der Waals surface area contributed by atoms with Crippen molar-refractivity contribution in [2.75, 3.05) is 6.61 Å². The van der Waals surface area contributed by atoms with Crippen LogP contribution in [0.5, 0.6) is 0 Å². The van der Waals surface area contributed by atoms with Crippen LogP contribution in [0.15, 0.2) is 60.7 Å². The largest absolute Gasteiger partial charge is 0.458 e. The van der Waals surface area contributed by atoms with Gasteiger partial charge in [-0.3, -0.25) is 9.69 Å². The molecule has 0 radical (unpaired) electrons. The molecule has 2 aromatic carbocycles. The van der Waals surface area contributed by atoms with Gasteiger partial charge in [-0.15, -0.1) is 0 Å². The first-order valence-electron chi connectivity index (χ1n) is 11.4. The highest BCUT2D eigenvalue weighted by atomic mass is 28.4. The topological polar surface area (TPSA) is 59.0 Å². The number of hydrogen-bond acceptors (Lipinski definition) is 5. The summed E-state index contributed by atoms with van der Waals surface area (Å²) >= 11 is 0. The average molecular weight is 456 g/mol. The zero-order chi connectivity index (χ0) is 23.4. The van der Waals surface area contributed by atoms with E-state index < -0.39 is 26.6 Å². The van der Waals surface area contributed by atoms with Gasteiger partial charge in [0, 0.05) is 19.5 Å². The van der Waals surface area contributed by atoms with Crippen molar-refractivity contribution in [3.8, 4) is 0 Å². The monoisotopic (exact) mass is 455 g/mol. The molecule has 0 spiro atoms. The van der Waals surface area contributed by atoms with Crippen molar-refractivity contribution in [1.82, 2.24) is 4.90 Å². The molecule has 3 rings (SSSR count).